The van der Waals surface area contributed by atoms with Crippen LogP contribution in [0.4, 0.5) is 0 Å². The molecule has 0 radical (unpaired) electrons. The Morgan fingerprint density at radius 3 is 2.26 bits per heavy atom. The number of halogens is 1. The Balaban J connectivity index is 2.05. The van der Waals surface area contributed by atoms with Gasteiger partial charge < -0.3 is 4.74 Å². The van der Waals surface area contributed by atoms with Crippen molar-refractivity contribution >= 4 is 22.7 Å². The summed E-state index contributed by atoms with van der Waals surface area (Å²) in [5.74, 6) is 1.62. The lowest BCUT2D eigenvalue weighted by molar-refractivity contribution is 0.340. The molecule has 0 amide bonds. The summed E-state index contributed by atoms with van der Waals surface area (Å²) < 4.78 is 5.45. The molecule has 0 unspecified atom stereocenters. The normalized spacial score (nSPS) is 11.8. The molecule has 0 aliphatic heterocycles. The van der Waals surface area contributed by atoms with E-state index in [1.807, 2.05) is 37.3 Å². The minimum Gasteiger partial charge on any atom is -0.494 e. The average Bonchev–Trinajstić information content (AvgIpc) is 2.55. The zero-order chi connectivity index (χ0) is 16.7. The van der Waals surface area contributed by atoms with E-state index in [0.717, 1.165) is 34.2 Å². The first-order chi connectivity index (χ1) is 11.1. The van der Waals surface area contributed by atoms with E-state index in [1.165, 1.54) is 12.0 Å². The maximum absolute atomic E-state index is 6.45. The van der Waals surface area contributed by atoms with Gasteiger partial charge in [-0.15, -0.1) is 0 Å². The van der Waals surface area contributed by atoms with E-state index in [1.54, 1.807) is 0 Å². The number of hydrogen-bond donors (Lipinski definition) is 0. The standard InChI is InChI=1S/C21H25ClO/c1-4-23-20-13-9-18(10-14-20)15-21(22)19-11-7-17(8-12-19)6-5-16(2)3/h7-16H,4-6H2,1-3H3/b21-15-. The fourth-order valence-corrected chi connectivity index (χ4v) is 2.59. The van der Waals surface area contributed by atoms with Gasteiger partial charge in [-0.2, -0.15) is 0 Å². The van der Waals surface area contributed by atoms with E-state index in [2.05, 4.69) is 38.1 Å². The van der Waals surface area contributed by atoms with Crippen molar-refractivity contribution in [2.45, 2.75) is 33.6 Å². The molecule has 23 heavy (non-hydrogen) atoms. The first-order valence-corrected chi connectivity index (χ1v) is 8.65. The Kier molecular flexibility index (Phi) is 6.73. The van der Waals surface area contributed by atoms with Crippen molar-refractivity contribution in [3.63, 3.8) is 0 Å². The zero-order valence-electron chi connectivity index (χ0n) is 14.2. The molecule has 2 aromatic carbocycles. The van der Waals surface area contributed by atoms with Crippen LogP contribution < -0.4 is 4.74 Å². The van der Waals surface area contributed by atoms with E-state index in [-0.39, 0.29) is 0 Å². The predicted octanol–water partition coefficient (Wildman–Crippen LogP) is 6.41. The summed E-state index contributed by atoms with van der Waals surface area (Å²) in [5.41, 5.74) is 3.49. The molecule has 0 bridgehead atoms. The van der Waals surface area contributed by atoms with Gasteiger partial charge >= 0.3 is 0 Å². The average molecular weight is 329 g/mol. The summed E-state index contributed by atoms with van der Waals surface area (Å²) in [6, 6.07) is 16.5. The molecule has 2 rings (SSSR count). The summed E-state index contributed by atoms with van der Waals surface area (Å²) in [5, 5.41) is 0.754. The van der Waals surface area contributed by atoms with E-state index < -0.39 is 0 Å². The van der Waals surface area contributed by atoms with Crippen molar-refractivity contribution in [2.24, 2.45) is 5.92 Å². The van der Waals surface area contributed by atoms with Crippen molar-refractivity contribution in [3.8, 4) is 5.75 Å². The first kappa shape index (κ1) is 17.6. The molecule has 122 valence electrons. The van der Waals surface area contributed by atoms with Crippen LogP contribution in [0.5, 0.6) is 5.75 Å². The minimum absolute atomic E-state index is 0.680. The lowest BCUT2D eigenvalue weighted by atomic mass is 10.0. The molecule has 1 nitrogen and oxygen atoms in total. The second-order valence-electron chi connectivity index (χ2n) is 6.12. The summed E-state index contributed by atoms with van der Waals surface area (Å²) in [7, 11) is 0. The van der Waals surface area contributed by atoms with E-state index in [0.29, 0.717) is 6.61 Å². The zero-order valence-corrected chi connectivity index (χ0v) is 14.9. The molecule has 0 N–H and O–H groups in total. The minimum atomic E-state index is 0.680. The molecule has 0 saturated carbocycles. The SMILES string of the molecule is CCOc1ccc(/C=C(\Cl)c2ccc(CCC(C)C)cc2)cc1. The molecule has 2 heteroatoms. The molecule has 0 atom stereocenters. The van der Waals surface area contributed by atoms with Crippen molar-refractivity contribution < 1.29 is 4.74 Å². The van der Waals surface area contributed by atoms with Gasteiger partial charge in [0.15, 0.2) is 0 Å². The molecule has 0 heterocycles. The van der Waals surface area contributed by atoms with Gasteiger partial charge in [-0.05, 0) is 60.6 Å². The van der Waals surface area contributed by atoms with E-state index in [4.69, 9.17) is 16.3 Å². The van der Waals surface area contributed by atoms with Crippen LogP contribution >= 0.6 is 11.6 Å². The number of rotatable bonds is 7. The molecule has 0 aliphatic carbocycles. The van der Waals surface area contributed by atoms with Crippen LogP contribution in [0.3, 0.4) is 0 Å². The third kappa shape index (κ3) is 5.76. The molecule has 0 fully saturated rings. The second kappa shape index (κ2) is 8.79. The van der Waals surface area contributed by atoms with Gasteiger partial charge in [0.1, 0.15) is 5.75 Å². The van der Waals surface area contributed by atoms with Crippen molar-refractivity contribution in [1.82, 2.24) is 0 Å². The van der Waals surface area contributed by atoms with Crippen LogP contribution in [-0.4, -0.2) is 6.61 Å². The number of aryl methyl sites for hydroxylation is 1. The van der Waals surface area contributed by atoms with Gasteiger partial charge in [0, 0.05) is 5.03 Å². The van der Waals surface area contributed by atoms with Gasteiger partial charge in [0.05, 0.1) is 6.61 Å². The molecule has 0 saturated heterocycles. The molecule has 0 aliphatic rings. The highest BCUT2D eigenvalue weighted by Crippen LogP contribution is 2.24. The van der Waals surface area contributed by atoms with Crippen LogP contribution in [0, 0.1) is 5.92 Å². The maximum Gasteiger partial charge on any atom is 0.119 e. The van der Waals surface area contributed by atoms with Crippen LogP contribution in [-0.2, 0) is 6.42 Å². The van der Waals surface area contributed by atoms with Crippen LogP contribution in [0.25, 0.3) is 11.1 Å². The Hall–Kier alpha value is -1.73. The summed E-state index contributed by atoms with van der Waals surface area (Å²) in [6.07, 6.45) is 4.33. The number of hydrogen-bond acceptors (Lipinski definition) is 1. The number of benzene rings is 2. The van der Waals surface area contributed by atoms with Crippen molar-refractivity contribution in [3.05, 3.63) is 65.2 Å². The molecular weight excluding hydrogens is 304 g/mol. The summed E-state index contributed by atoms with van der Waals surface area (Å²) >= 11 is 6.45. The molecule has 0 spiro atoms. The monoisotopic (exact) mass is 328 g/mol. The van der Waals surface area contributed by atoms with Gasteiger partial charge in [0.2, 0.25) is 0 Å². The maximum atomic E-state index is 6.45. The topological polar surface area (TPSA) is 9.23 Å². The molecule has 2 aromatic rings. The lowest BCUT2D eigenvalue weighted by Crippen LogP contribution is -1.92. The summed E-state index contributed by atoms with van der Waals surface area (Å²) in [6.45, 7) is 7.17. The second-order valence-corrected chi connectivity index (χ2v) is 6.53. The van der Waals surface area contributed by atoms with Crippen LogP contribution in [0.15, 0.2) is 48.5 Å². The number of ether oxygens (including phenoxy) is 1. The van der Waals surface area contributed by atoms with Gasteiger partial charge in [-0.25, -0.2) is 0 Å². The first-order valence-electron chi connectivity index (χ1n) is 8.28. The fourth-order valence-electron chi connectivity index (χ4n) is 2.34. The van der Waals surface area contributed by atoms with Gasteiger partial charge in [0.25, 0.3) is 0 Å². The van der Waals surface area contributed by atoms with Gasteiger partial charge in [-0.1, -0.05) is 61.8 Å². The Bertz CT molecular complexity index is 624. The smallest absolute Gasteiger partial charge is 0.119 e. The van der Waals surface area contributed by atoms with E-state index >= 15 is 0 Å². The third-order valence-electron chi connectivity index (χ3n) is 3.72. The van der Waals surface area contributed by atoms with E-state index in [9.17, 15) is 0 Å². The molecular formula is C21H25ClO. The third-order valence-corrected chi connectivity index (χ3v) is 4.05. The highest BCUT2D eigenvalue weighted by molar-refractivity contribution is 6.51. The largest absolute Gasteiger partial charge is 0.494 e. The predicted molar refractivity (Wildman–Crippen MR) is 101 cm³/mol. The summed E-state index contributed by atoms with van der Waals surface area (Å²) in [4.78, 5) is 0. The van der Waals surface area contributed by atoms with Crippen molar-refractivity contribution in [2.75, 3.05) is 6.61 Å². The fraction of sp³-hybridized carbons (Fsp3) is 0.333. The quantitative estimate of drug-likeness (QED) is 0.533. The van der Waals surface area contributed by atoms with Crippen LogP contribution in [0.1, 0.15) is 43.9 Å². The van der Waals surface area contributed by atoms with Gasteiger partial charge in [-0.3, -0.25) is 0 Å². The highest BCUT2D eigenvalue weighted by atomic mass is 35.5. The Morgan fingerprint density at radius 2 is 1.70 bits per heavy atom. The van der Waals surface area contributed by atoms with Crippen molar-refractivity contribution in [1.29, 1.82) is 0 Å². The van der Waals surface area contributed by atoms with Crippen LogP contribution in [0.2, 0.25) is 0 Å². The molecule has 0 aromatic heterocycles. The highest BCUT2D eigenvalue weighted by Gasteiger charge is 2.01. The lowest BCUT2D eigenvalue weighted by Gasteiger charge is -2.06. The Morgan fingerprint density at radius 1 is 1.04 bits per heavy atom. The Labute approximate surface area is 145 Å².